The number of carbonyl (C=O) groups excluding carboxylic acids is 2. The van der Waals surface area contributed by atoms with Crippen LogP contribution in [0.25, 0.3) is 0 Å². The maximum atomic E-state index is 12.1. The molecule has 1 aliphatic heterocycles. The lowest BCUT2D eigenvalue weighted by atomic mass is 9.96. The van der Waals surface area contributed by atoms with E-state index in [2.05, 4.69) is 27.1 Å². The highest BCUT2D eigenvalue weighted by Gasteiger charge is 2.34. The summed E-state index contributed by atoms with van der Waals surface area (Å²) in [5.74, 6) is -0.224. The number of nitrogens with one attached hydrogen (secondary N) is 1. The zero-order valence-corrected chi connectivity index (χ0v) is 16.9. The van der Waals surface area contributed by atoms with Gasteiger partial charge in [-0.25, -0.2) is 0 Å². The summed E-state index contributed by atoms with van der Waals surface area (Å²) in [5, 5.41) is 11.2. The minimum Gasteiger partial charge on any atom is -0.364 e. The Morgan fingerprint density at radius 3 is 2.79 bits per heavy atom. The first-order valence-electron chi connectivity index (χ1n) is 9.41. The van der Waals surface area contributed by atoms with Crippen LogP contribution in [0, 0.1) is 0 Å². The highest BCUT2D eigenvalue weighted by atomic mass is 16.2. The first-order chi connectivity index (χ1) is 13.8. The standard InChI is InChI=1S/C19H26N8O2/c1-5-15(28)27-9-6-7-14(12(27)2)26(4)19-22-18(16(17(20)29)23-24-19)21-13-8-10-25(3)11-13/h5,8,10-12,14H,1,6-7,9H2,2-4H3,(H2,20,29)(H,21,22,24)/t12-,14-/m1/s1. The van der Waals surface area contributed by atoms with Gasteiger partial charge in [0.05, 0.1) is 11.7 Å². The number of anilines is 3. The van der Waals surface area contributed by atoms with Gasteiger partial charge in [0.25, 0.3) is 5.91 Å². The van der Waals surface area contributed by atoms with Crippen LogP contribution in [0.2, 0.25) is 0 Å². The fourth-order valence-corrected chi connectivity index (χ4v) is 3.65. The van der Waals surface area contributed by atoms with Crippen molar-refractivity contribution in [3.8, 4) is 0 Å². The van der Waals surface area contributed by atoms with E-state index in [1.807, 2.05) is 48.9 Å². The third-order valence-corrected chi connectivity index (χ3v) is 5.22. The number of hydrogen-bond donors (Lipinski definition) is 2. The molecular formula is C19H26N8O2. The summed E-state index contributed by atoms with van der Waals surface area (Å²) in [6.07, 6.45) is 6.78. The van der Waals surface area contributed by atoms with E-state index >= 15 is 0 Å². The number of primary amides is 1. The minimum absolute atomic E-state index is 0.00143. The van der Waals surface area contributed by atoms with Crippen molar-refractivity contribution in [2.24, 2.45) is 12.8 Å². The van der Waals surface area contributed by atoms with Crippen molar-refractivity contribution in [1.29, 1.82) is 0 Å². The topological polar surface area (TPSA) is 122 Å². The molecule has 10 nitrogen and oxygen atoms in total. The summed E-state index contributed by atoms with van der Waals surface area (Å²) in [4.78, 5) is 32.1. The minimum atomic E-state index is -0.716. The third-order valence-electron chi connectivity index (χ3n) is 5.22. The van der Waals surface area contributed by atoms with E-state index in [-0.39, 0.29) is 29.5 Å². The highest BCUT2D eigenvalue weighted by molar-refractivity contribution is 5.96. The van der Waals surface area contributed by atoms with Crippen LogP contribution in [0.4, 0.5) is 17.5 Å². The normalized spacial score (nSPS) is 18.9. The van der Waals surface area contributed by atoms with Crippen LogP contribution in [0.3, 0.4) is 0 Å². The Kier molecular flexibility index (Phi) is 5.81. The molecule has 0 spiro atoms. The molecular weight excluding hydrogens is 372 g/mol. The molecule has 2 atom stereocenters. The van der Waals surface area contributed by atoms with Gasteiger partial charge in [-0.1, -0.05) is 6.58 Å². The molecule has 1 aliphatic rings. The van der Waals surface area contributed by atoms with Gasteiger partial charge in [-0.15, -0.1) is 10.2 Å². The molecule has 0 bridgehead atoms. The van der Waals surface area contributed by atoms with E-state index in [9.17, 15) is 9.59 Å². The summed E-state index contributed by atoms with van der Waals surface area (Å²) in [6, 6.07) is 1.79. The van der Waals surface area contributed by atoms with Gasteiger partial charge in [0, 0.05) is 39.1 Å². The molecule has 29 heavy (non-hydrogen) atoms. The molecule has 1 saturated heterocycles. The fraction of sp³-hybridized carbons (Fsp3) is 0.421. The molecule has 0 aliphatic carbocycles. The predicted molar refractivity (Wildman–Crippen MR) is 110 cm³/mol. The maximum absolute atomic E-state index is 12.1. The number of aromatic nitrogens is 4. The molecule has 2 amide bonds. The summed E-state index contributed by atoms with van der Waals surface area (Å²) < 4.78 is 1.86. The molecule has 3 rings (SSSR count). The summed E-state index contributed by atoms with van der Waals surface area (Å²) in [7, 11) is 3.74. The second-order valence-corrected chi connectivity index (χ2v) is 7.16. The monoisotopic (exact) mass is 398 g/mol. The smallest absolute Gasteiger partial charge is 0.273 e. The fourth-order valence-electron chi connectivity index (χ4n) is 3.65. The van der Waals surface area contributed by atoms with Crippen LogP contribution in [-0.4, -0.2) is 62.1 Å². The zero-order chi connectivity index (χ0) is 21.1. The molecule has 1 fully saturated rings. The average molecular weight is 398 g/mol. The Bertz CT molecular complexity index is 925. The molecule has 3 N–H and O–H groups in total. The number of amides is 2. The van der Waals surface area contributed by atoms with Gasteiger partial charge in [0.2, 0.25) is 11.9 Å². The molecule has 3 heterocycles. The highest BCUT2D eigenvalue weighted by Crippen LogP contribution is 2.26. The number of piperidine rings is 1. The number of hydrogen-bond acceptors (Lipinski definition) is 7. The zero-order valence-electron chi connectivity index (χ0n) is 16.9. The van der Waals surface area contributed by atoms with E-state index in [1.54, 1.807) is 4.90 Å². The maximum Gasteiger partial charge on any atom is 0.273 e. The van der Waals surface area contributed by atoms with Gasteiger partial charge in [-0.2, -0.15) is 4.98 Å². The summed E-state index contributed by atoms with van der Waals surface area (Å²) in [5.41, 5.74) is 6.15. The first kappa shape index (κ1) is 20.3. The number of likely N-dealkylation sites (N-methyl/N-ethyl adjacent to an activating group) is 1. The lowest BCUT2D eigenvalue weighted by Gasteiger charge is -2.42. The van der Waals surface area contributed by atoms with E-state index in [0.29, 0.717) is 12.5 Å². The van der Waals surface area contributed by atoms with Crippen LogP contribution in [0.5, 0.6) is 0 Å². The van der Waals surface area contributed by atoms with E-state index < -0.39 is 5.91 Å². The molecule has 0 radical (unpaired) electrons. The molecule has 0 unspecified atom stereocenters. The van der Waals surface area contributed by atoms with Crippen LogP contribution < -0.4 is 16.0 Å². The van der Waals surface area contributed by atoms with E-state index in [0.717, 1.165) is 18.5 Å². The van der Waals surface area contributed by atoms with Crippen molar-refractivity contribution in [2.45, 2.75) is 31.8 Å². The Hall–Kier alpha value is -3.43. The van der Waals surface area contributed by atoms with Crippen LogP contribution >= 0.6 is 0 Å². The number of nitrogens with two attached hydrogens (primary N) is 1. The van der Waals surface area contributed by atoms with Crippen molar-refractivity contribution in [3.05, 3.63) is 36.8 Å². The van der Waals surface area contributed by atoms with Gasteiger partial charge in [0.1, 0.15) is 0 Å². The SMILES string of the molecule is C=CC(=O)N1CCC[C@@H](N(C)c2nnc(C(N)=O)c(Nc3ccn(C)c3)n2)[C@H]1C. The Morgan fingerprint density at radius 1 is 1.41 bits per heavy atom. The number of rotatable bonds is 6. The van der Waals surface area contributed by atoms with Crippen LogP contribution in [0.1, 0.15) is 30.3 Å². The lowest BCUT2D eigenvalue weighted by molar-refractivity contribution is -0.129. The molecule has 2 aromatic rings. The second kappa shape index (κ2) is 8.29. The lowest BCUT2D eigenvalue weighted by Crippen LogP contribution is -2.55. The quantitative estimate of drug-likeness (QED) is 0.698. The largest absolute Gasteiger partial charge is 0.364 e. The summed E-state index contributed by atoms with van der Waals surface area (Å²) in [6.45, 7) is 6.27. The Morgan fingerprint density at radius 2 is 2.17 bits per heavy atom. The van der Waals surface area contributed by atoms with Crippen LogP contribution in [0.15, 0.2) is 31.1 Å². The average Bonchev–Trinajstić information content (AvgIpc) is 3.11. The van der Waals surface area contributed by atoms with Crippen molar-refractivity contribution in [2.75, 3.05) is 23.8 Å². The number of likely N-dealkylation sites (tertiary alicyclic amines) is 1. The molecule has 10 heteroatoms. The summed E-state index contributed by atoms with van der Waals surface area (Å²) >= 11 is 0. The molecule has 2 aromatic heterocycles. The van der Waals surface area contributed by atoms with Gasteiger partial charge >= 0.3 is 0 Å². The second-order valence-electron chi connectivity index (χ2n) is 7.16. The Balaban J connectivity index is 1.89. The number of carbonyl (C=O) groups is 2. The first-order valence-corrected chi connectivity index (χ1v) is 9.41. The molecule has 154 valence electrons. The number of aryl methyl sites for hydroxylation is 1. The van der Waals surface area contributed by atoms with Gasteiger partial charge in [0.15, 0.2) is 11.5 Å². The number of nitrogens with zero attached hydrogens (tertiary/aromatic N) is 6. The predicted octanol–water partition coefficient (Wildman–Crippen LogP) is 1.05. The van der Waals surface area contributed by atoms with Gasteiger partial charge in [-0.3, -0.25) is 9.59 Å². The van der Waals surface area contributed by atoms with Crippen molar-refractivity contribution < 1.29 is 9.59 Å². The van der Waals surface area contributed by atoms with E-state index in [1.165, 1.54) is 6.08 Å². The van der Waals surface area contributed by atoms with Crippen molar-refractivity contribution >= 4 is 29.3 Å². The van der Waals surface area contributed by atoms with Crippen molar-refractivity contribution in [3.63, 3.8) is 0 Å². The van der Waals surface area contributed by atoms with Crippen molar-refractivity contribution in [1.82, 2.24) is 24.6 Å². The van der Waals surface area contributed by atoms with Crippen LogP contribution in [-0.2, 0) is 11.8 Å². The van der Waals surface area contributed by atoms with E-state index in [4.69, 9.17) is 5.73 Å². The van der Waals surface area contributed by atoms with Gasteiger partial charge < -0.3 is 25.4 Å². The molecule has 0 saturated carbocycles. The molecule has 0 aromatic carbocycles. The third kappa shape index (κ3) is 4.20. The Labute approximate surface area is 169 Å². The van der Waals surface area contributed by atoms with Gasteiger partial charge in [-0.05, 0) is 31.9 Å².